The van der Waals surface area contributed by atoms with Crippen LogP contribution in [0.5, 0.6) is 5.75 Å². The highest BCUT2D eigenvalue weighted by molar-refractivity contribution is 9.10. The molecule has 0 unspecified atom stereocenters. The third-order valence-corrected chi connectivity index (χ3v) is 4.01. The van der Waals surface area contributed by atoms with Crippen LogP contribution < -0.4 is 15.4 Å². The molecule has 0 saturated heterocycles. The monoisotopic (exact) mass is 442 g/mol. The first-order valence-electron chi connectivity index (χ1n) is 7.29. The minimum atomic E-state index is -0.375. The number of ether oxygens (including phenoxy) is 2. The average Bonchev–Trinajstić information content (AvgIpc) is 2.58. The van der Waals surface area contributed by atoms with E-state index in [-0.39, 0.29) is 11.0 Å². The number of thiocarbonyl (C=S) groups is 1. The maximum atomic E-state index is 12.5. The van der Waals surface area contributed by atoms with Crippen molar-refractivity contribution in [2.24, 2.45) is 0 Å². The predicted molar refractivity (Wildman–Crippen MR) is 107 cm³/mol. The van der Waals surface area contributed by atoms with Gasteiger partial charge >= 0.3 is 0 Å². The number of carbonyl (C=O) groups is 1. The molecule has 2 N–H and O–H groups in total. The molecule has 25 heavy (non-hydrogen) atoms. The molecule has 0 radical (unpaired) electrons. The number of hydrogen-bond donors (Lipinski definition) is 2. The fourth-order valence-electron chi connectivity index (χ4n) is 1.91. The fourth-order valence-corrected chi connectivity index (χ4v) is 2.60. The molecular formula is C17H16BrClN2O3S. The predicted octanol–water partition coefficient (Wildman–Crippen LogP) is 4.25. The summed E-state index contributed by atoms with van der Waals surface area (Å²) in [6.07, 6.45) is 0. The Labute approximate surface area is 164 Å². The third kappa shape index (κ3) is 6.28. The van der Waals surface area contributed by atoms with Gasteiger partial charge < -0.3 is 14.8 Å². The molecule has 2 aromatic rings. The maximum Gasteiger partial charge on any atom is 0.261 e. The van der Waals surface area contributed by atoms with Crippen LogP contribution in [0.2, 0.25) is 5.02 Å². The molecule has 0 fully saturated rings. The van der Waals surface area contributed by atoms with Crippen LogP contribution in [0.1, 0.15) is 10.4 Å². The van der Waals surface area contributed by atoms with Gasteiger partial charge in [0, 0.05) is 22.3 Å². The van der Waals surface area contributed by atoms with E-state index in [1.807, 2.05) is 0 Å². The van der Waals surface area contributed by atoms with E-state index in [1.54, 1.807) is 49.6 Å². The summed E-state index contributed by atoms with van der Waals surface area (Å²) in [5.41, 5.74) is 1.09. The molecule has 2 aromatic carbocycles. The number of rotatable bonds is 6. The van der Waals surface area contributed by atoms with Crippen molar-refractivity contribution < 1.29 is 14.3 Å². The van der Waals surface area contributed by atoms with E-state index < -0.39 is 0 Å². The van der Waals surface area contributed by atoms with E-state index >= 15 is 0 Å². The highest BCUT2D eigenvalue weighted by Gasteiger charge is 2.15. The summed E-state index contributed by atoms with van der Waals surface area (Å²) in [4.78, 5) is 12.5. The lowest BCUT2D eigenvalue weighted by Gasteiger charge is -2.13. The summed E-state index contributed by atoms with van der Waals surface area (Å²) in [7, 11) is 1.58. The Morgan fingerprint density at radius 1 is 1.20 bits per heavy atom. The normalized spacial score (nSPS) is 10.2. The van der Waals surface area contributed by atoms with Crippen molar-refractivity contribution in [3.05, 3.63) is 57.5 Å². The molecule has 0 saturated carbocycles. The van der Waals surface area contributed by atoms with Crippen LogP contribution in [0, 0.1) is 0 Å². The summed E-state index contributed by atoms with van der Waals surface area (Å²) in [5.74, 6) is 0.0761. The van der Waals surface area contributed by atoms with Gasteiger partial charge in [-0.3, -0.25) is 10.1 Å². The van der Waals surface area contributed by atoms with Crippen molar-refractivity contribution >= 4 is 56.5 Å². The van der Waals surface area contributed by atoms with Crippen LogP contribution in [-0.4, -0.2) is 31.3 Å². The Hall–Kier alpha value is -1.67. The molecule has 2 rings (SSSR count). The first-order valence-corrected chi connectivity index (χ1v) is 8.86. The average molecular weight is 444 g/mol. The van der Waals surface area contributed by atoms with Crippen molar-refractivity contribution in [1.82, 2.24) is 5.32 Å². The molecule has 0 heterocycles. The summed E-state index contributed by atoms with van der Waals surface area (Å²) in [6.45, 7) is 0.763. The lowest BCUT2D eigenvalue weighted by atomic mass is 10.2. The van der Waals surface area contributed by atoms with E-state index in [0.29, 0.717) is 29.5 Å². The Balaban J connectivity index is 2.04. The smallest absolute Gasteiger partial charge is 0.261 e. The van der Waals surface area contributed by atoms with E-state index in [9.17, 15) is 4.79 Å². The summed E-state index contributed by atoms with van der Waals surface area (Å²) >= 11 is 14.4. The van der Waals surface area contributed by atoms with Crippen molar-refractivity contribution in [1.29, 1.82) is 0 Å². The van der Waals surface area contributed by atoms with E-state index in [1.165, 1.54) is 0 Å². The minimum Gasteiger partial charge on any atom is -0.490 e. The molecule has 0 aromatic heterocycles. The first-order chi connectivity index (χ1) is 12.0. The number of nitrogens with one attached hydrogen (secondary N) is 2. The van der Waals surface area contributed by atoms with Crippen molar-refractivity contribution in [2.75, 3.05) is 25.6 Å². The van der Waals surface area contributed by atoms with E-state index in [0.717, 1.165) is 10.2 Å². The highest BCUT2D eigenvalue weighted by Crippen LogP contribution is 2.23. The number of carbonyl (C=O) groups excluding carboxylic acids is 1. The molecule has 0 aliphatic heterocycles. The molecule has 0 spiro atoms. The molecule has 0 aliphatic rings. The molecule has 1 amide bonds. The first kappa shape index (κ1) is 19.7. The minimum absolute atomic E-state index is 0.176. The van der Waals surface area contributed by atoms with Gasteiger partial charge in [-0.05, 0) is 54.7 Å². The van der Waals surface area contributed by atoms with Gasteiger partial charge in [0.2, 0.25) is 0 Å². The van der Waals surface area contributed by atoms with Crippen LogP contribution in [-0.2, 0) is 4.74 Å². The second kappa shape index (κ2) is 9.72. The zero-order valence-electron chi connectivity index (χ0n) is 13.3. The van der Waals surface area contributed by atoms with Gasteiger partial charge in [-0.2, -0.15) is 0 Å². The standard InChI is InChI=1S/C17H16BrClN2O3S/c1-23-8-9-24-15-7-2-11(18)10-14(15)16(22)21-17(25)20-13-5-3-12(19)4-6-13/h2-7,10H,8-9H2,1H3,(H2,20,21,22,25). The second-order valence-corrected chi connectivity index (χ2v) is 6.66. The number of anilines is 1. The third-order valence-electron chi connectivity index (χ3n) is 3.06. The number of halogens is 2. The van der Waals surface area contributed by atoms with Crippen molar-refractivity contribution in [2.45, 2.75) is 0 Å². The number of hydrogen-bond acceptors (Lipinski definition) is 4. The van der Waals surface area contributed by atoms with Gasteiger partial charge in [-0.25, -0.2) is 0 Å². The second-order valence-electron chi connectivity index (χ2n) is 4.90. The summed E-state index contributed by atoms with van der Waals surface area (Å²) < 4.78 is 11.3. The highest BCUT2D eigenvalue weighted by atomic mass is 79.9. The number of benzene rings is 2. The quantitative estimate of drug-likeness (QED) is 0.516. The van der Waals surface area contributed by atoms with Crippen molar-refractivity contribution in [3.63, 3.8) is 0 Å². The Morgan fingerprint density at radius 3 is 2.60 bits per heavy atom. The topological polar surface area (TPSA) is 59.6 Å². The van der Waals surface area contributed by atoms with Gasteiger partial charge in [0.15, 0.2) is 5.11 Å². The van der Waals surface area contributed by atoms with Gasteiger partial charge in [0.1, 0.15) is 12.4 Å². The lowest BCUT2D eigenvalue weighted by Crippen LogP contribution is -2.34. The van der Waals surface area contributed by atoms with E-state index in [4.69, 9.17) is 33.3 Å². The lowest BCUT2D eigenvalue weighted by molar-refractivity contribution is 0.0969. The molecule has 0 atom stereocenters. The molecule has 8 heteroatoms. The Morgan fingerprint density at radius 2 is 1.92 bits per heavy atom. The molecule has 0 bridgehead atoms. The zero-order valence-corrected chi connectivity index (χ0v) is 16.5. The Kier molecular flexibility index (Phi) is 7.64. The van der Waals surface area contributed by atoms with Gasteiger partial charge in [-0.1, -0.05) is 27.5 Å². The molecule has 5 nitrogen and oxygen atoms in total. The van der Waals surface area contributed by atoms with Crippen LogP contribution in [0.15, 0.2) is 46.9 Å². The zero-order chi connectivity index (χ0) is 18.2. The largest absolute Gasteiger partial charge is 0.490 e. The summed E-state index contributed by atoms with van der Waals surface area (Å²) in [6, 6.07) is 12.2. The van der Waals surface area contributed by atoms with Crippen molar-refractivity contribution in [3.8, 4) is 5.75 Å². The number of amides is 1. The molecule has 132 valence electrons. The molecule has 0 aliphatic carbocycles. The van der Waals surface area contributed by atoms with Gasteiger partial charge in [-0.15, -0.1) is 0 Å². The number of methoxy groups -OCH3 is 1. The SMILES string of the molecule is COCCOc1ccc(Br)cc1C(=O)NC(=S)Nc1ccc(Cl)cc1. The van der Waals surface area contributed by atoms with Gasteiger partial charge in [0.05, 0.1) is 12.2 Å². The summed E-state index contributed by atoms with van der Waals surface area (Å²) in [5, 5.41) is 6.35. The fraction of sp³-hybridized carbons (Fsp3) is 0.176. The van der Waals surface area contributed by atoms with Gasteiger partial charge in [0.25, 0.3) is 5.91 Å². The van der Waals surface area contributed by atoms with Crippen LogP contribution in [0.25, 0.3) is 0 Å². The van der Waals surface area contributed by atoms with Crippen LogP contribution in [0.4, 0.5) is 5.69 Å². The maximum absolute atomic E-state index is 12.5. The van der Waals surface area contributed by atoms with E-state index in [2.05, 4.69) is 26.6 Å². The molecular weight excluding hydrogens is 428 g/mol. The Bertz CT molecular complexity index is 756. The van der Waals surface area contributed by atoms with Crippen LogP contribution in [0.3, 0.4) is 0 Å². The van der Waals surface area contributed by atoms with Crippen LogP contribution >= 0.6 is 39.7 Å².